The number of benzene rings is 1. The Bertz CT molecular complexity index is 707. The molecule has 0 bridgehead atoms. The van der Waals surface area contributed by atoms with E-state index in [0.717, 1.165) is 43.6 Å². The Balaban J connectivity index is 1.70. The molecule has 2 aromatic rings. The lowest BCUT2D eigenvalue weighted by Gasteiger charge is -2.27. The van der Waals surface area contributed by atoms with Gasteiger partial charge in [0.15, 0.2) is 0 Å². The van der Waals surface area contributed by atoms with Gasteiger partial charge in [0.1, 0.15) is 0 Å². The molecule has 108 valence electrons. The highest BCUT2D eigenvalue weighted by molar-refractivity contribution is 7.10. The molecule has 2 heterocycles. The zero-order chi connectivity index (χ0) is 14.4. The van der Waals surface area contributed by atoms with Gasteiger partial charge in [-0.25, -0.2) is 0 Å². The summed E-state index contributed by atoms with van der Waals surface area (Å²) in [5.74, 6) is 0.247. The van der Waals surface area contributed by atoms with Crippen LogP contribution in [0.4, 0.5) is 11.4 Å². The van der Waals surface area contributed by atoms with Gasteiger partial charge in [0.2, 0.25) is 5.91 Å². The molecule has 0 radical (unpaired) electrons. The average molecular weight is 298 g/mol. The number of thiophene rings is 1. The monoisotopic (exact) mass is 298 g/mol. The number of aryl methyl sites for hydroxylation is 1. The summed E-state index contributed by atoms with van der Waals surface area (Å²) in [4.78, 5) is 16.4. The van der Waals surface area contributed by atoms with E-state index in [4.69, 9.17) is 5.73 Å². The second-order valence-electron chi connectivity index (χ2n) is 5.84. The highest BCUT2D eigenvalue weighted by atomic mass is 32.1. The normalized spacial score (nSPS) is 20.2. The number of rotatable bonds is 1. The minimum Gasteiger partial charge on any atom is -0.397 e. The average Bonchev–Trinajstić information content (AvgIpc) is 3.13. The van der Waals surface area contributed by atoms with Crippen molar-refractivity contribution in [2.24, 2.45) is 0 Å². The number of para-hydroxylation sites is 1. The van der Waals surface area contributed by atoms with E-state index in [1.807, 2.05) is 17.0 Å². The minimum atomic E-state index is 0.0190. The van der Waals surface area contributed by atoms with E-state index in [-0.39, 0.29) is 11.8 Å². The molecule has 3 nitrogen and oxygen atoms in total. The summed E-state index contributed by atoms with van der Waals surface area (Å²) in [6, 6.07) is 8.07. The first-order chi connectivity index (χ1) is 10.3. The molecule has 1 aliphatic heterocycles. The van der Waals surface area contributed by atoms with Gasteiger partial charge in [0.25, 0.3) is 0 Å². The largest absolute Gasteiger partial charge is 0.397 e. The number of amides is 1. The minimum absolute atomic E-state index is 0.0190. The third-order valence-corrected chi connectivity index (χ3v) is 5.64. The molecule has 0 saturated heterocycles. The van der Waals surface area contributed by atoms with E-state index in [0.29, 0.717) is 0 Å². The number of hydrogen-bond acceptors (Lipinski definition) is 3. The molecule has 0 spiro atoms. The van der Waals surface area contributed by atoms with Crippen LogP contribution in [0.15, 0.2) is 29.6 Å². The summed E-state index contributed by atoms with van der Waals surface area (Å²) in [5.41, 5.74) is 10.2. The first kappa shape index (κ1) is 12.9. The zero-order valence-electron chi connectivity index (χ0n) is 11.8. The quantitative estimate of drug-likeness (QED) is 0.821. The van der Waals surface area contributed by atoms with Crippen LogP contribution < -0.4 is 10.6 Å². The predicted octanol–water partition coefficient (Wildman–Crippen LogP) is 3.34. The van der Waals surface area contributed by atoms with Crippen LogP contribution in [0.1, 0.15) is 34.8 Å². The van der Waals surface area contributed by atoms with Gasteiger partial charge < -0.3 is 10.6 Å². The fourth-order valence-corrected chi connectivity index (χ4v) is 4.63. The zero-order valence-corrected chi connectivity index (χ0v) is 12.7. The molecule has 21 heavy (non-hydrogen) atoms. The maximum atomic E-state index is 13.1. The summed E-state index contributed by atoms with van der Waals surface area (Å²) in [6.45, 7) is 0.762. The van der Waals surface area contributed by atoms with Crippen LogP contribution in [0.5, 0.6) is 0 Å². The van der Waals surface area contributed by atoms with E-state index in [2.05, 4.69) is 17.5 Å². The van der Waals surface area contributed by atoms with Crippen LogP contribution in [0.3, 0.4) is 0 Å². The molecule has 1 aromatic heterocycles. The van der Waals surface area contributed by atoms with Crippen molar-refractivity contribution < 1.29 is 4.79 Å². The van der Waals surface area contributed by atoms with Crippen molar-refractivity contribution in [2.45, 2.75) is 31.6 Å². The number of anilines is 2. The molecular formula is C17H18N2OS. The Kier molecular flexibility index (Phi) is 3.00. The van der Waals surface area contributed by atoms with Gasteiger partial charge in [-0.2, -0.15) is 0 Å². The van der Waals surface area contributed by atoms with Gasteiger partial charge in [0, 0.05) is 11.4 Å². The third kappa shape index (κ3) is 1.97. The lowest BCUT2D eigenvalue weighted by atomic mass is 9.86. The molecule has 1 amide bonds. The number of fused-ring (bicyclic) bond motifs is 2. The van der Waals surface area contributed by atoms with E-state index in [9.17, 15) is 4.79 Å². The molecule has 1 aliphatic carbocycles. The van der Waals surface area contributed by atoms with E-state index in [1.165, 1.54) is 16.0 Å². The number of carbonyl (C=O) groups is 1. The SMILES string of the molecule is Nc1cccc2c1N(C(=O)C1CCCc3sccc31)CC2. The molecule has 0 fully saturated rings. The molecular weight excluding hydrogens is 280 g/mol. The first-order valence-corrected chi connectivity index (χ1v) is 8.38. The summed E-state index contributed by atoms with van der Waals surface area (Å²) < 4.78 is 0. The second kappa shape index (κ2) is 4.88. The van der Waals surface area contributed by atoms with Gasteiger partial charge >= 0.3 is 0 Å². The van der Waals surface area contributed by atoms with Crippen LogP contribution in [0.2, 0.25) is 0 Å². The van der Waals surface area contributed by atoms with Gasteiger partial charge in [-0.15, -0.1) is 11.3 Å². The summed E-state index contributed by atoms with van der Waals surface area (Å²) in [7, 11) is 0. The standard InChI is InChI=1S/C17H18N2OS/c18-14-5-1-3-11-7-9-19(16(11)14)17(20)13-4-2-6-15-12(13)8-10-21-15/h1,3,5,8,10,13H,2,4,6-7,9,18H2. The number of carbonyl (C=O) groups excluding carboxylic acids is 1. The van der Waals surface area contributed by atoms with Crippen LogP contribution in [-0.2, 0) is 17.6 Å². The summed E-state index contributed by atoms with van der Waals surface area (Å²) >= 11 is 1.78. The Hall–Kier alpha value is -1.81. The lowest BCUT2D eigenvalue weighted by molar-refractivity contribution is -0.120. The third-order valence-electron chi connectivity index (χ3n) is 4.64. The van der Waals surface area contributed by atoms with Crippen LogP contribution >= 0.6 is 11.3 Å². The highest BCUT2D eigenvalue weighted by Crippen LogP contribution is 2.40. The molecule has 1 unspecified atom stereocenters. The van der Waals surface area contributed by atoms with Crippen molar-refractivity contribution in [3.05, 3.63) is 45.6 Å². The fraction of sp³-hybridized carbons (Fsp3) is 0.353. The maximum absolute atomic E-state index is 13.1. The van der Waals surface area contributed by atoms with Crippen molar-refractivity contribution in [1.82, 2.24) is 0 Å². The number of hydrogen-bond donors (Lipinski definition) is 1. The fourth-order valence-electron chi connectivity index (χ4n) is 3.64. The second-order valence-corrected chi connectivity index (χ2v) is 6.84. The maximum Gasteiger partial charge on any atom is 0.234 e. The smallest absolute Gasteiger partial charge is 0.234 e. The molecule has 1 atom stereocenters. The molecule has 1 aromatic carbocycles. The van der Waals surface area contributed by atoms with E-state index < -0.39 is 0 Å². The molecule has 4 rings (SSSR count). The molecule has 0 saturated carbocycles. The molecule has 4 heteroatoms. The number of nitrogen functional groups attached to an aromatic ring is 1. The van der Waals surface area contributed by atoms with Crippen molar-refractivity contribution in [1.29, 1.82) is 0 Å². The molecule has 2 aliphatic rings. The van der Waals surface area contributed by atoms with Crippen LogP contribution in [-0.4, -0.2) is 12.5 Å². The van der Waals surface area contributed by atoms with Gasteiger partial charge in [-0.05, 0) is 54.3 Å². The Morgan fingerprint density at radius 1 is 1.29 bits per heavy atom. The topological polar surface area (TPSA) is 46.3 Å². The van der Waals surface area contributed by atoms with Crippen LogP contribution in [0.25, 0.3) is 0 Å². The summed E-state index contributed by atoms with van der Waals surface area (Å²) in [5, 5.41) is 2.11. The number of nitrogens with zero attached hydrogens (tertiary/aromatic N) is 1. The lowest BCUT2D eigenvalue weighted by Crippen LogP contribution is -2.35. The predicted molar refractivity (Wildman–Crippen MR) is 86.9 cm³/mol. The Labute approximate surface area is 128 Å². The van der Waals surface area contributed by atoms with Gasteiger partial charge in [0.05, 0.1) is 17.3 Å². The van der Waals surface area contributed by atoms with Crippen molar-refractivity contribution in [3.8, 4) is 0 Å². The van der Waals surface area contributed by atoms with Gasteiger partial charge in [-0.1, -0.05) is 12.1 Å². The van der Waals surface area contributed by atoms with Crippen LogP contribution in [0, 0.1) is 0 Å². The van der Waals surface area contributed by atoms with Crippen molar-refractivity contribution >= 4 is 28.6 Å². The van der Waals surface area contributed by atoms with Crippen molar-refractivity contribution in [2.75, 3.05) is 17.2 Å². The van der Waals surface area contributed by atoms with Crippen molar-refractivity contribution in [3.63, 3.8) is 0 Å². The van der Waals surface area contributed by atoms with Gasteiger partial charge in [-0.3, -0.25) is 4.79 Å². The summed E-state index contributed by atoms with van der Waals surface area (Å²) in [6.07, 6.45) is 4.10. The highest BCUT2D eigenvalue weighted by Gasteiger charge is 2.34. The van der Waals surface area contributed by atoms with E-state index >= 15 is 0 Å². The molecule has 2 N–H and O–H groups in total. The Morgan fingerprint density at radius 3 is 3.10 bits per heavy atom. The number of nitrogens with two attached hydrogens (primary N) is 1. The Morgan fingerprint density at radius 2 is 2.19 bits per heavy atom. The van der Waals surface area contributed by atoms with E-state index in [1.54, 1.807) is 11.3 Å². The first-order valence-electron chi connectivity index (χ1n) is 7.50.